The van der Waals surface area contributed by atoms with Crippen molar-refractivity contribution in [3.05, 3.63) is 0 Å². The number of halogens is 1. The predicted octanol–water partition coefficient (Wildman–Crippen LogP) is 0.145. The summed E-state index contributed by atoms with van der Waals surface area (Å²) in [7, 11) is 0. The molecule has 3 rings (SSSR count). The number of hydrogen-bond acceptors (Lipinski definition) is 3. The fourth-order valence-electron chi connectivity index (χ4n) is 2.63. The van der Waals surface area contributed by atoms with Crippen LogP contribution in [-0.4, -0.2) is 48.9 Å². The zero-order valence-electron chi connectivity index (χ0n) is 11.1. The van der Waals surface area contributed by atoms with Gasteiger partial charge in [-0.1, -0.05) is 0 Å². The topological polar surface area (TPSA) is 61.4 Å². The lowest BCUT2D eigenvalue weighted by atomic mass is 9.98. The Labute approximate surface area is 119 Å². The van der Waals surface area contributed by atoms with E-state index in [1.54, 1.807) is 0 Å². The van der Waals surface area contributed by atoms with Crippen LogP contribution in [-0.2, 0) is 9.59 Å². The molecule has 0 atom stereocenters. The summed E-state index contributed by atoms with van der Waals surface area (Å²) >= 11 is 0. The van der Waals surface area contributed by atoms with Crippen LogP contribution >= 0.6 is 12.4 Å². The van der Waals surface area contributed by atoms with Crippen LogP contribution in [0.4, 0.5) is 0 Å². The zero-order valence-corrected chi connectivity index (χ0v) is 11.9. The summed E-state index contributed by atoms with van der Waals surface area (Å²) < 4.78 is 0. The first-order valence-electron chi connectivity index (χ1n) is 7.04. The molecule has 6 heteroatoms. The summed E-state index contributed by atoms with van der Waals surface area (Å²) in [6.45, 7) is 3.25. The molecule has 3 aliphatic rings. The van der Waals surface area contributed by atoms with Crippen molar-refractivity contribution in [2.24, 2.45) is 11.8 Å². The summed E-state index contributed by atoms with van der Waals surface area (Å²) in [5.41, 5.74) is 0. The molecule has 2 heterocycles. The van der Waals surface area contributed by atoms with Crippen molar-refractivity contribution in [1.82, 2.24) is 15.5 Å². The monoisotopic (exact) mass is 287 g/mol. The molecule has 19 heavy (non-hydrogen) atoms. The van der Waals surface area contributed by atoms with Crippen molar-refractivity contribution in [3.63, 3.8) is 0 Å². The first-order chi connectivity index (χ1) is 8.74. The number of likely N-dealkylation sites (tertiary alicyclic amines) is 1. The van der Waals surface area contributed by atoms with Crippen molar-refractivity contribution < 1.29 is 9.59 Å². The molecule has 1 saturated carbocycles. The lowest BCUT2D eigenvalue weighted by molar-refractivity contribution is -0.138. The minimum absolute atomic E-state index is 0. The van der Waals surface area contributed by atoms with Gasteiger partial charge in [-0.25, -0.2) is 0 Å². The van der Waals surface area contributed by atoms with Gasteiger partial charge in [0.25, 0.3) is 0 Å². The molecule has 0 aromatic rings. The van der Waals surface area contributed by atoms with Crippen LogP contribution in [0.2, 0.25) is 0 Å². The molecule has 2 N–H and O–H groups in total. The maximum absolute atomic E-state index is 12.0. The van der Waals surface area contributed by atoms with Gasteiger partial charge in [0.15, 0.2) is 0 Å². The lowest BCUT2D eigenvalue weighted by Gasteiger charge is -2.37. The van der Waals surface area contributed by atoms with Gasteiger partial charge in [0.1, 0.15) is 0 Å². The molecule has 2 saturated heterocycles. The van der Waals surface area contributed by atoms with Crippen molar-refractivity contribution in [3.8, 4) is 0 Å². The van der Waals surface area contributed by atoms with Crippen molar-refractivity contribution >= 4 is 24.2 Å². The van der Waals surface area contributed by atoms with Crippen LogP contribution in [0.1, 0.15) is 25.7 Å². The predicted molar refractivity (Wildman–Crippen MR) is 74.1 cm³/mol. The molecule has 108 valence electrons. The highest BCUT2D eigenvalue weighted by molar-refractivity contribution is 5.85. The quantitative estimate of drug-likeness (QED) is 0.776. The molecule has 2 amide bonds. The Morgan fingerprint density at radius 3 is 2.11 bits per heavy atom. The molecule has 0 aromatic heterocycles. The second kappa shape index (κ2) is 6.09. The van der Waals surface area contributed by atoms with E-state index in [0.29, 0.717) is 5.91 Å². The van der Waals surface area contributed by atoms with E-state index >= 15 is 0 Å². The number of carbonyl (C=O) groups excluding carboxylic acids is 2. The smallest absolute Gasteiger partial charge is 0.228 e. The van der Waals surface area contributed by atoms with Crippen molar-refractivity contribution in [2.75, 3.05) is 26.2 Å². The number of carbonyl (C=O) groups is 2. The maximum atomic E-state index is 12.0. The molecule has 1 aliphatic carbocycles. The Kier molecular flexibility index (Phi) is 4.68. The van der Waals surface area contributed by atoms with E-state index in [2.05, 4.69) is 10.6 Å². The van der Waals surface area contributed by atoms with Crippen LogP contribution in [0.25, 0.3) is 0 Å². The number of amides is 2. The minimum atomic E-state index is 0. The Hall–Kier alpha value is -0.810. The first kappa shape index (κ1) is 14.6. The molecule has 0 spiro atoms. The van der Waals surface area contributed by atoms with Gasteiger partial charge in [-0.05, 0) is 25.7 Å². The van der Waals surface area contributed by atoms with Gasteiger partial charge < -0.3 is 15.5 Å². The minimum Gasteiger partial charge on any atom is -0.353 e. The third-order valence-corrected chi connectivity index (χ3v) is 4.23. The van der Waals surface area contributed by atoms with Crippen molar-refractivity contribution in [1.29, 1.82) is 0 Å². The standard InChI is InChI=1S/C13H21N3O2.ClH/c17-12(9-1-2-9)15-11-3-5-16(6-4-11)13(18)10-7-14-8-10;/h9-11,14H,1-8H2,(H,15,17);1H. The summed E-state index contributed by atoms with van der Waals surface area (Å²) in [6, 6.07) is 0.279. The largest absolute Gasteiger partial charge is 0.353 e. The molecular formula is C13H22ClN3O2. The highest BCUT2D eigenvalue weighted by Gasteiger charge is 2.34. The Morgan fingerprint density at radius 1 is 1.00 bits per heavy atom. The van der Waals surface area contributed by atoms with E-state index in [-0.39, 0.29) is 36.2 Å². The Bertz CT molecular complexity index is 348. The van der Waals surface area contributed by atoms with Gasteiger partial charge in [0, 0.05) is 38.1 Å². The normalized spacial score (nSPS) is 24.3. The van der Waals surface area contributed by atoms with Crippen LogP contribution in [0, 0.1) is 11.8 Å². The van der Waals surface area contributed by atoms with E-state index in [0.717, 1.165) is 51.9 Å². The molecule has 0 unspecified atom stereocenters. The van der Waals surface area contributed by atoms with E-state index in [1.165, 1.54) is 0 Å². The van der Waals surface area contributed by atoms with Gasteiger partial charge in [0.05, 0.1) is 5.92 Å². The molecule has 0 radical (unpaired) electrons. The highest BCUT2D eigenvalue weighted by atomic mass is 35.5. The Morgan fingerprint density at radius 2 is 1.63 bits per heavy atom. The van der Waals surface area contributed by atoms with E-state index in [4.69, 9.17) is 0 Å². The lowest BCUT2D eigenvalue weighted by Crippen LogP contribution is -2.55. The van der Waals surface area contributed by atoms with Crippen LogP contribution in [0.5, 0.6) is 0 Å². The summed E-state index contributed by atoms with van der Waals surface area (Å²) in [5, 5.41) is 6.24. The van der Waals surface area contributed by atoms with Crippen LogP contribution in [0.15, 0.2) is 0 Å². The third-order valence-electron chi connectivity index (χ3n) is 4.23. The van der Waals surface area contributed by atoms with Gasteiger partial charge in [-0.2, -0.15) is 0 Å². The van der Waals surface area contributed by atoms with Gasteiger partial charge >= 0.3 is 0 Å². The number of nitrogens with zero attached hydrogens (tertiary/aromatic N) is 1. The molecular weight excluding hydrogens is 266 g/mol. The fourth-order valence-corrected chi connectivity index (χ4v) is 2.63. The molecule has 0 bridgehead atoms. The van der Waals surface area contributed by atoms with E-state index in [9.17, 15) is 9.59 Å². The number of rotatable bonds is 3. The fraction of sp³-hybridized carbons (Fsp3) is 0.846. The zero-order chi connectivity index (χ0) is 12.5. The third kappa shape index (κ3) is 3.39. The molecule has 2 aliphatic heterocycles. The first-order valence-corrected chi connectivity index (χ1v) is 7.04. The Balaban J connectivity index is 0.00000133. The summed E-state index contributed by atoms with van der Waals surface area (Å²) in [5.74, 6) is 0.997. The second-order valence-corrected chi connectivity index (χ2v) is 5.74. The van der Waals surface area contributed by atoms with Gasteiger partial charge in [-0.3, -0.25) is 9.59 Å². The van der Waals surface area contributed by atoms with Gasteiger partial charge in [-0.15, -0.1) is 12.4 Å². The molecule has 5 nitrogen and oxygen atoms in total. The van der Waals surface area contributed by atoms with Crippen LogP contribution in [0.3, 0.4) is 0 Å². The summed E-state index contributed by atoms with van der Waals surface area (Å²) in [4.78, 5) is 25.6. The number of nitrogens with one attached hydrogen (secondary N) is 2. The average molecular weight is 288 g/mol. The maximum Gasteiger partial charge on any atom is 0.228 e. The average Bonchev–Trinajstić information content (AvgIpc) is 3.11. The van der Waals surface area contributed by atoms with E-state index < -0.39 is 0 Å². The summed E-state index contributed by atoms with van der Waals surface area (Å²) in [6.07, 6.45) is 3.92. The molecule has 3 fully saturated rings. The van der Waals surface area contributed by atoms with Crippen molar-refractivity contribution in [2.45, 2.75) is 31.7 Å². The highest BCUT2D eigenvalue weighted by Crippen LogP contribution is 2.29. The van der Waals surface area contributed by atoms with Crippen LogP contribution < -0.4 is 10.6 Å². The number of hydrogen-bond donors (Lipinski definition) is 2. The second-order valence-electron chi connectivity index (χ2n) is 5.74. The number of piperidine rings is 1. The molecule has 0 aromatic carbocycles. The SMILES string of the molecule is Cl.O=C(NC1CCN(C(=O)C2CNC2)CC1)C1CC1. The van der Waals surface area contributed by atoms with Gasteiger partial charge in [0.2, 0.25) is 11.8 Å². The van der Waals surface area contributed by atoms with E-state index in [1.807, 2.05) is 4.90 Å².